The number of carbonyl (C=O) groups is 1. The van der Waals surface area contributed by atoms with Crippen LogP contribution in [-0.4, -0.2) is 52.1 Å². The molecule has 0 spiro atoms. The highest BCUT2D eigenvalue weighted by Gasteiger charge is 2.22. The van der Waals surface area contributed by atoms with Crippen molar-refractivity contribution in [2.24, 2.45) is 0 Å². The lowest BCUT2D eigenvalue weighted by Gasteiger charge is -2.33. The SMILES string of the molecule is CC(Cc1ccc(CCOC(=O)O)cc1)N(CC(O)c1ccccc1)CC(O)c1ccccc1. The van der Waals surface area contributed by atoms with Gasteiger partial charge in [0.25, 0.3) is 0 Å². The van der Waals surface area contributed by atoms with Crippen molar-refractivity contribution in [3.63, 3.8) is 0 Å². The molecule has 3 atom stereocenters. The Hall–Kier alpha value is -3.19. The zero-order chi connectivity index (χ0) is 24.3. The summed E-state index contributed by atoms with van der Waals surface area (Å²) in [6.07, 6.45) is -1.32. The molecule has 0 amide bonds. The van der Waals surface area contributed by atoms with Gasteiger partial charge in [0.15, 0.2) is 0 Å². The Balaban J connectivity index is 1.67. The Morgan fingerprint density at radius 2 is 1.26 bits per heavy atom. The maximum absolute atomic E-state index is 10.9. The van der Waals surface area contributed by atoms with Crippen LogP contribution in [0.2, 0.25) is 0 Å². The van der Waals surface area contributed by atoms with E-state index in [-0.39, 0.29) is 12.6 Å². The molecule has 0 aliphatic rings. The molecule has 0 heterocycles. The largest absolute Gasteiger partial charge is 0.505 e. The number of hydrogen-bond acceptors (Lipinski definition) is 5. The second-order valence-electron chi connectivity index (χ2n) is 8.54. The van der Waals surface area contributed by atoms with Gasteiger partial charge < -0.3 is 20.1 Å². The van der Waals surface area contributed by atoms with Gasteiger partial charge in [0.2, 0.25) is 0 Å². The second kappa shape index (κ2) is 12.9. The first-order chi connectivity index (χ1) is 16.4. The summed E-state index contributed by atoms with van der Waals surface area (Å²) >= 11 is 0. The zero-order valence-corrected chi connectivity index (χ0v) is 19.5. The maximum atomic E-state index is 10.9. The first-order valence-electron chi connectivity index (χ1n) is 11.6. The van der Waals surface area contributed by atoms with E-state index in [0.717, 1.165) is 28.7 Å². The van der Waals surface area contributed by atoms with Crippen LogP contribution in [-0.2, 0) is 17.6 Å². The smallest absolute Gasteiger partial charge is 0.450 e. The number of nitrogens with zero attached hydrogens (tertiary/aromatic N) is 1. The van der Waals surface area contributed by atoms with Crippen LogP contribution in [0.4, 0.5) is 4.79 Å². The molecule has 0 saturated carbocycles. The van der Waals surface area contributed by atoms with Gasteiger partial charge in [-0.3, -0.25) is 4.90 Å². The van der Waals surface area contributed by atoms with Gasteiger partial charge in [-0.2, -0.15) is 0 Å². The van der Waals surface area contributed by atoms with E-state index in [0.29, 0.717) is 19.5 Å². The Morgan fingerprint density at radius 3 is 1.74 bits per heavy atom. The number of benzene rings is 3. The first-order valence-corrected chi connectivity index (χ1v) is 11.6. The zero-order valence-electron chi connectivity index (χ0n) is 19.5. The van der Waals surface area contributed by atoms with E-state index in [9.17, 15) is 15.0 Å². The van der Waals surface area contributed by atoms with E-state index in [1.165, 1.54) is 0 Å². The van der Waals surface area contributed by atoms with Gasteiger partial charge in [-0.25, -0.2) is 4.79 Å². The molecule has 0 saturated heterocycles. The third-order valence-corrected chi connectivity index (χ3v) is 5.98. The van der Waals surface area contributed by atoms with Crippen molar-refractivity contribution >= 4 is 6.16 Å². The Kier molecular flexibility index (Phi) is 9.64. The monoisotopic (exact) mass is 463 g/mol. The predicted molar refractivity (Wildman–Crippen MR) is 132 cm³/mol. The lowest BCUT2D eigenvalue weighted by molar-refractivity contribution is 0.0480. The molecule has 0 fully saturated rings. The lowest BCUT2D eigenvalue weighted by atomic mass is 10.0. The topological polar surface area (TPSA) is 90.2 Å². The van der Waals surface area contributed by atoms with Crippen molar-refractivity contribution in [3.05, 3.63) is 107 Å². The second-order valence-corrected chi connectivity index (χ2v) is 8.54. The highest BCUT2D eigenvalue weighted by Crippen LogP contribution is 2.21. The van der Waals surface area contributed by atoms with Crippen molar-refractivity contribution in [2.45, 2.75) is 38.0 Å². The quantitative estimate of drug-likeness (QED) is 0.340. The van der Waals surface area contributed by atoms with Crippen LogP contribution < -0.4 is 0 Å². The third-order valence-electron chi connectivity index (χ3n) is 5.98. The summed E-state index contributed by atoms with van der Waals surface area (Å²) in [6, 6.07) is 27.2. The van der Waals surface area contributed by atoms with Crippen LogP contribution in [0.3, 0.4) is 0 Å². The van der Waals surface area contributed by atoms with E-state index in [1.54, 1.807) is 0 Å². The van der Waals surface area contributed by atoms with E-state index in [2.05, 4.69) is 16.6 Å². The van der Waals surface area contributed by atoms with Crippen LogP contribution in [0.25, 0.3) is 0 Å². The number of ether oxygens (including phenoxy) is 1. The molecule has 0 bridgehead atoms. The fourth-order valence-corrected chi connectivity index (χ4v) is 4.01. The average molecular weight is 464 g/mol. The average Bonchev–Trinajstić information content (AvgIpc) is 2.85. The molecule has 0 aliphatic carbocycles. The van der Waals surface area contributed by atoms with Crippen LogP contribution in [0.5, 0.6) is 0 Å². The van der Waals surface area contributed by atoms with Crippen molar-refractivity contribution < 1.29 is 24.9 Å². The molecule has 180 valence electrons. The minimum Gasteiger partial charge on any atom is -0.450 e. The highest BCUT2D eigenvalue weighted by molar-refractivity contribution is 5.56. The Bertz CT molecular complexity index is 947. The van der Waals surface area contributed by atoms with E-state index >= 15 is 0 Å². The minimum atomic E-state index is -1.26. The Labute approximate surface area is 201 Å². The summed E-state index contributed by atoms with van der Waals surface area (Å²) in [5.74, 6) is 0. The summed E-state index contributed by atoms with van der Waals surface area (Å²) in [6.45, 7) is 3.04. The van der Waals surface area contributed by atoms with E-state index in [1.807, 2.05) is 84.9 Å². The first kappa shape index (κ1) is 25.4. The number of carboxylic acid groups (broad SMARTS) is 1. The van der Waals surface area contributed by atoms with Crippen molar-refractivity contribution in [3.8, 4) is 0 Å². The molecular weight excluding hydrogens is 430 g/mol. The molecule has 3 rings (SSSR count). The molecule has 3 aromatic carbocycles. The standard InChI is InChI=1S/C28H33NO5/c1-21(18-23-14-12-22(13-15-23)16-17-34-28(32)33)29(19-26(30)24-8-4-2-5-9-24)20-27(31)25-10-6-3-7-11-25/h2-15,21,26-27,30-31H,16-20H2,1H3,(H,32,33). The number of aliphatic hydroxyl groups is 2. The molecule has 6 nitrogen and oxygen atoms in total. The molecule has 3 aromatic rings. The summed E-state index contributed by atoms with van der Waals surface area (Å²) < 4.78 is 4.58. The van der Waals surface area contributed by atoms with Crippen molar-refractivity contribution in [1.29, 1.82) is 0 Å². The van der Waals surface area contributed by atoms with E-state index in [4.69, 9.17) is 5.11 Å². The molecule has 0 radical (unpaired) electrons. The van der Waals surface area contributed by atoms with Gasteiger partial charge in [-0.1, -0.05) is 84.9 Å². The molecule has 0 aliphatic heterocycles. The van der Waals surface area contributed by atoms with Crippen LogP contribution in [0.1, 0.15) is 41.4 Å². The predicted octanol–water partition coefficient (Wildman–Crippen LogP) is 4.62. The lowest BCUT2D eigenvalue weighted by Crippen LogP contribution is -2.40. The Morgan fingerprint density at radius 1 is 0.794 bits per heavy atom. The van der Waals surface area contributed by atoms with Crippen molar-refractivity contribution in [1.82, 2.24) is 4.90 Å². The van der Waals surface area contributed by atoms with Gasteiger partial charge in [-0.05, 0) is 35.6 Å². The van der Waals surface area contributed by atoms with Crippen LogP contribution >= 0.6 is 0 Å². The summed E-state index contributed by atoms with van der Waals surface area (Å²) in [5.41, 5.74) is 3.83. The van der Waals surface area contributed by atoms with Gasteiger partial charge in [0.1, 0.15) is 0 Å². The molecule has 3 unspecified atom stereocenters. The third kappa shape index (κ3) is 7.99. The molecule has 0 aromatic heterocycles. The van der Waals surface area contributed by atoms with Crippen LogP contribution in [0, 0.1) is 0 Å². The minimum absolute atomic E-state index is 0.0675. The van der Waals surface area contributed by atoms with Gasteiger partial charge in [0, 0.05) is 25.6 Å². The fraction of sp³-hybridized carbons (Fsp3) is 0.321. The number of hydrogen-bond donors (Lipinski definition) is 3. The highest BCUT2D eigenvalue weighted by atomic mass is 16.7. The normalized spacial score (nSPS) is 13.9. The van der Waals surface area contributed by atoms with Crippen LogP contribution in [0.15, 0.2) is 84.9 Å². The van der Waals surface area contributed by atoms with E-state index < -0.39 is 18.4 Å². The molecule has 3 N–H and O–H groups in total. The number of rotatable bonds is 12. The van der Waals surface area contributed by atoms with Crippen molar-refractivity contribution in [2.75, 3.05) is 19.7 Å². The molecule has 34 heavy (non-hydrogen) atoms. The summed E-state index contributed by atoms with van der Waals surface area (Å²) in [5, 5.41) is 30.3. The molecule has 6 heteroatoms. The molecular formula is C28H33NO5. The summed E-state index contributed by atoms with van der Waals surface area (Å²) in [7, 11) is 0. The maximum Gasteiger partial charge on any atom is 0.505 e. The van der Waals surface area contributed by atoms with Gasteiger partial charge in [0.05, 0.1) is 18.8 Å². The fourth-order valence-electron chi connectivity index (χ4n) is 4.01. The number of aliphatic hydroxyl groups excluding tert-OH is 2. The summed E-state index contributed by atoms with van der Waals surface area (Å²) in [4.78, 5) is 12.6. The van der Waals surface area contributed by atoms with Gasteiger partial charge >= 0.3 is 6.16 Å². The van der Waals surface area contributed by atoms with Gasteiger partial charge in [-0.15, -0.1) is 0 Å².